The molecular weight excluding hydrogens is 553 g/mol. The molecule has 0 bridgehead atoms. The molecule has 1 atom stereocenters. The second-order valence-electron chi connectivity index (χ2n) is 7.94. The highest BCUT2D eigenvalue weighted by Crippen LogP contribution is 2.29. The summed E-state index contributed by atoms with van der Waals surface area (Å²) in [5, 5.41) is 8.87. The van der Waals surface area contributed by atoms with Crippen LogP contribution in [0.2, 0.25) is 0 Å². The van der Waals surface area contributed by atoms with Gasteiger partial charge in [0, 0.05) is 16.6 Å². The summed E-state index contributed by atoms with van der Waals surface area (Å²) in [6, 6.07) is 7.50. The molecule has 0 aliphatic heterocycles. The van der Waals surface area contributed by atoms with Crippen molar-refractivity contribution in [2.24, 2.45) is 0 Å². The largest absolute Gasteiger partial charge is 0.339 e. The number of carbonyl (C=O) groups is 1. The maximum atomic E-state index is 12.3. The van der Waals surface area contributed by atoms with Crippen LogP contribution in [-0.4, -0.2) is 21.0 Å². The van der Waals surface area contributed by atoms with Gasteiger partial charge in [0.1, 0.15) is 6.17 Å². The Balaban J connectivity index is 2.26. The molecule has 3 N–H and O–H groups in total. The molecule has 0 radical (unpaired) electrons. The number of unbranched alkanes of at least 4 members (excludes halogenated alkanes) is 10. The Morgan fingerprint density at radius 2 is 1.53 bits per heavy atom. The molecule has 32 heavy (non-hydrogen) atoms. The number of thiocarbonyl (C=S) groups is 1. The topological polar surface area (TPSA) is 53.2 Å². The van der Waals surface area contributed by atoms with Gasteiger partial charge in [-0.1, -0.05) is 128 Å². The summed E-state index contributed by atoms with van der Waals surface area (Å²) in [7, 11) is 0. The van der Waals surface area contributed by atoms with Crippen molar-refractivity contribution in [2.75, 3.05) is 5.32 Å². The molecule has 1 aromatic rings. The first-order chi connectivity index (χ1) is 15.2. The van der Waals surface area contributed by atoms with E-state index in [0.717, 1.165) is 29.4 Å². The first-order valence-corrected chi connectivity index (χ1v) is 13.7. The highest BCUT2D eigenvalue weighted by molar-refractivity contribution is 9.10. The molecule has 0 aromatic heterocycles. The number of rotatable bonds is 15. The van der Waals surface area contributed by atoms with Crippen LogP contribution in [0.1, 0.15) is 84.0 Å². The Hall–Kier alpha value is -0.270. The van der Waals surface area contributed by atoms with E-state index in [1.165, 1.54) is 51.4 Å². The number of amides is 1. The fraction of sp³-hybridized carbons (Fsp3) is 0.652. The molecule has 0 saturated heterocycles. The third kappa shape index (κ3) is 14.8. The molecule has 0 spiro atoms. The van der Waals surface area contributed by atoms with E-state index in [1.54, 1.807) is 0 Å². The number of hydrogen-bond donors (Lipinski definition) is 3. The van der Waals surface area contributed by atoms with Crippen molar-refractivity contribution in [3.05, 3.63) is 28.7 Å². The van der Waals surface area contributed by atoms with Gasteiger partial charge in [0.2, 0.25) is 9.70 Å². The van der Waals surface area contributed by atoms with E-state index >= 15 is 0 Å². The number of carbonyl (C=O) groups excluding carboxylic acids is 1. The smallest absolute Gasteiger partial charge is 0.228 e. The lowest BCUT2D eigenvalue weighted by molar-refractivity contribution is -0.122. The molecule has 0 aliphatic carbocycles. The van der Waals surface area contributed by atoms with Gasteiger partial charge >= 0.3 is 0 Å². The Morgan fingerprint density at radius 1 is 0.969 bits per heavy atom. The SMILES string of the molecule is CCCCCCCCCCCCCC(=O)N[C@@H](NC(=S)Nc1cccc(Br)c1)C(Cl)(Cl)Cl. The molecule has 0 fully saturated rings. The molecule has 4 nitrogen and oxygen atoms in total. The number of hydrogen-bond acceptors (Lipinski definition) is 2. The zero-order chi connectivity index (χ0) is 23.8. The monoisotopic (exact) mass is 585 g/mol. The van der Waals surface area contributed by atoms with Crippen molar-refractivity contribution in [3.8, 4) is 0 Å². The number of alkyl halides is 3. The summed E-state index contributed by atoms with van der Waals surface area (Å²) in [5.41, 5.74) is 0.771. The Morgan fingerprint density at radius 3 is 2.06 bits per heavy atom. The molecule has 0 aliphatic rings. The van der Waals surface area contributed by atoms with Crippen LogP contribution in [-0.2, 0) is 4.79 Å². The summed E-state index contributed by atoms with van der Waals surface area (Å²) in [6.07, 6.45) is 13.0. The maximum absolute atomic E-state index is 12.3. The van der Waals surface area contributed by atoms with E-state index < -0.39 is 9.96 Å². The molecule has 9 heteroatoms. The highest BCUT2D eigenvalue weighted by atomic mass is 79.9. The molecule has 0 heterocycles. The van der Waals surface area contributed by atoms with Crippen molar-refractivity contribution in [3.63, 3.8) is 0 Å². The highest BCUT2D eigenvalue weighted by Gasteiger charge is 2.34. The summed E-state index contributed by atoms with van der Waals surface area (Å²) in [6.45, 7) is 2.24. The average molecular weight is 588 g/mol. The minimum atomic E-state index is -1.75. The predicted molar refractivity (Wildman–Crippen MR) is 147 cm³/mol. The average Bonchev–Trinajstić information content (AvgIpc) is 2.71. The van der Waals surface area contributed by atoms with Gasteiger partial charge in [-0.25, -0.2) is 0 Å². The normalized spacial score (nSPS) is 12.3. The van der Waals surface area contributed by atoms with E-state index in [2.05, 4.69) is 38.8 Å². The first kappa shape index (κ1) is 29.8. The fourth-order valence-corrected chi connectivity index (χ4v) is 4.21. The Bertz CT molecular complexity index is 689. The zero-order valence-electron chi connectivity index (χ0n) is 18.7. The van der Waals surface area contributed by atoms with Crippen molar-refractivity contribution >= 4 is 79.7 Å². The Kier molecular flexibility index (Phi) is 16.0. The van der Waals surface area contributed by atoms with Gasteiger partial charge in [-0.3, -0.25) is 4.79 Å². The minimum absolute atomic E-state index is 0.171. The van der Waals surface area contributed by atoms with Crippen LogP contribution in [0.4, 0.5) is 5.69 Å². The summed E-state index contributed by atoms with van der Waals surface area (Å²) < 4.78 is -0.848. The van der Waals surface area contributed by atoms with Crippen LogP contribution >= 0.6 is 63.0 Å². The standard InChI is InChI=1S/C23H35BrCl3N3OS/c1-2-3-4-5-6-7-8-9-10-11-12-16-20(31)29-21(23(25,26)27)30-22(32)28-19-15-13-14-18(24)17-19/h13-15,17,21H,2-12,16H2,1H3,(H,29,31)(H2,28,30,32)/t21-/m0/s1. The van der Waals surface area contributed by atoms with Gasteiger partial charge in [-0.2, -0.15) is 0 Å². The number of anilines is 1. The third-order valence-corrected chi connectivity index (χ3v) is 6.37. The fourth-order valence-electron chi connectivity index (χ4n) is 3.25. The van der Waals surface area contributed by atoms with Crippen LogP contribution in [0.5, 0.6) is 0 Å². The van der Waals surface area contributed by atoms with Gasteiger partial charge in [-0.15, -0.1) is 0 Å². The van der Waals surface area contributed by atoms with Crippen LogP contribution in [0.3, 0.4) is 0 Å². The second kappa shape index (κ2) is 17.2. The molecule has 1 rings (SSSR count). The van der Waals surface area contributed by atoms with Crippen molar-refractivity contribution in [1.29, 1.82) is 0 Å². The summed E-state index contributed by atoms with van der Waals surface area (Å²) >= 11 is 26.8. The van der Waals surface area contributed by atoms with Crippen molar-refractivity contribution in [2.45, 2.75) is 93.9 Å². The third-order valence-electron chi connectivity index (χ3n) is 5.00. The molecular formula is C23H35BrCl3N3OS. The molecule has 1 aromatic carbocycles. The lowest BCUT2D eigenvalue weighted by Gasteiger charge is -2.27. The van der Waals surface area contributed by atoms with Gasteiger partial charge in [0.05, 0.1) is 0 Å². The molecule has 1 amide bonds. The first-order valence-electron chi connectivity index (χ1n) is 11.4. The van der Waals surface area contributed by atoms with E-state index in [9.17, 15) is 4.79 Å². The second-order valence-corrected chi connectivity index (χ2v) is 11.6. The number of benzene rings is 1. The van der Waals surface area contributed by atoms with E-state index in [4.69, 9.17) is 47.0 Å². The molecule has 0 saturated carbocycles. The predicted octanol–water partition coefficient (Wildman–Crippen LogP) is 8.25. The summed E-state index contributed by atoms with van der Waals surface area (Å²) in [5.74, 6) is -0.171. The lowest BCUT2D eigenvalue weighted by atomic mass is 10.1. The van der Waals surface area contributed by atoms with Gasteiger partial charge in [0.25, 0.3) is 0 Å². The number of halogens is 4. The van der Waals surface area contributed by atoms with E-state index in [-0.39, 0.29) is 11.0 Å². The van der Waals surface area contributed by atoms with Gasteiger partial charge in [0.15, 0.2) is 5.11 Å². The van der Waals surface area contributed by atoms with Crippen molar-refractivity contribution in [1.82, 2.24) is 10.6 Å². The lowest BCUT2D eigenvalue weighted by Crippen LogP contribution is -2.56. The quantitative estimate of drug-likeness (QED) is 0.0837. The van der Waals surface area contributed by atoms with Gasteiger partial charge in [-0.05, 0) is 36.8 Å². The molecule has 182 valence electrons. The van der Waals surface area contributed by atoms with Crippen LogP contribution < -0.4 is 16.0 Å². The van der Waals surface area contributed by atoms with Crippen LogP contribution in [0, 0.1) is 0 Å². The molecule has 0 unspecified atom stereocenters. The van der Waals surface area contributed by atoms with E-state index in [0.29, 0.717) is 6.42 Å². The zero-order valence-corrected chi connectivity index (χ0v) is 23.4. The van der Waals surface area contributed by atoms with Crippen LogP contribution in [0.15, 0.2) is 28.7 Å². The van der Waals surface area contributed by atoms with E-state index in [1.807, 2.05) is 24.3 Å². The maximum Gasteiger partial charge on any atom is 0.228 e. The van der Waals surface area contributed by atoms with Crippen molar-refractivity contribution < 1.29 is 4.79 Å². The van der Waals surface area contributed by atoms with Crippen LogP contribution in [0.25, 0.3) is 0 Å². The summed E-state index contributed by atoms with van der Waals surface area (Å²) in [4.78, 5) is 12.3. The van der Waals surface area contributed by atoms with Gasteiger partial charge < -0.3 is 16.0 Å². The number of nitrogens with one attached hydrogen (secondary N) is 3. The minimum Gasteiger partial charge on any atom is -0.339 e. The Labute approximate surface area is 222 Å².